The fraction of sp³-hybridized carbons (Fsp3) is 0.545. The van der Waals surface area contributed by atoms with Crippen LogP contribution in [-0.4, -0.2) is 56.1 Å². The molecular formula is C11H10BrCl3N2O4S. The minimum atomic E-state index is -1.73. The van der Waals surface area contributed by atoms with E-state index in [9.17, 15) is 14.4 Å². The zero-order valence-corrected chi connectivity index (χ0v) is 15.5. The van der Waals surface area contributed by atoms with Crippen molar-refractivity contribution in [2.24, 2.45) is 0 Å². The standard InChI is InChI=1S/C11H10BrCl3N2O4S/c12-1-5-2-22-9-6(16-4-18)8(19)17(9)7(5)10(20)21-3-11(13,14)15/h4,6,9H,1-3H2,(H,16,18)/t6-,9+/m1/s1. The number of rotatable bonds is 5. The van der Waals surface area contributed by atoms with E-state index in [1.165, 1.54) is 16.7 Å². The number of β-lactam (4-membered cyclic amide) rings is 1. The number of amides is 2. The maximum Gasteiger partial charge on any atom is 0.355 e. The summed E-state index contributed by atoms with van der Waals surface area (Å²) in [5.74, 6) is -0.581. The van der Waals surface area contributed by atoms with E-state index in [0.717, 1.165) is 0 Å². The molecule has 2 aliphatic heterocycles. The van der Waals surface area contributed by atoms with Crippen molar-refractivity contribution in [2.45, 2.75) is 15.2 Å². The van der Waals surface area contributed by atoms with Crippen molar-refractivity contribution in [1.29, 1.82) is 0 Å². The maximum atomic E-state index is 12.2. The molecule has 122 valence electrons. The Morgan fingerprint density at radius 3 is 2.77 bits per heavy atom. The summed E-state index contributed by atoms with van der Waals surface area (Å²) in [5.41, 5.74) is 0.845. The van der Waals surface area contributed by atoms with E-state index in [-0.39, 0.29) is 17.0 Å². The second-order valence-corrected chi connectivity index (χ2v) is 8.63. The van der Waals surface area contributed by atoms with Crippen molar-refractivity contribution < 1.29 is 19.1 Å². The van der Waals surface area contributed by atoms with E-state index in [4.69, 9.17) is 39.5 Å². The average Bonchev–Trinajstić information content (AvgIpc) is 2.47. The number of esters is 1. The molecule has 1 saturated heterocycles. The second kappa shape index (κ2) is 7.17. The molecule has 0 aliphatic carbocycles. The average molecular weight is 453 g/mol. The van der Waals surface area contributed by atoms with E-state index >= 15 is 0 Å². The van der Waals surface area contributed by atoms with E-state index < -0.39 is 22.4 Å². The molecule has 2 atom stereocenters. The molecule has 0 spiro atoms. The summed E-state index contributed by atoms with van der Waals surface area (Å²) < 4.78 is 3.24. The molecule has 2 rings (SSSR count). The first-order valence-corrected chi connectivity index (χ1v) is 9.26. The van der Waals surface area contributed by atoms with Gasteiger partial charge in [0.15, 0.2) is 0 Å². The molecule has 1 fully saturated rings. The lowest BCUT2D eigenvalue weighted by Gasteiger charge is -2.49. The fourth-order valence-electron chi connectivity index (χ4n) is 2.08. The number of ether oxygens (including phenoxy) is 1. The van der Waals surface area contributed by atoms with Crippen molar-refractivity contribution in [1.82, 2.24) is 10.2 Å². The Bertz CT molecular complexity index is 540. The van der Waals surface area contributed by atoms with Crippen molar-refractivity contribution in [3.8, 4) is 0 Å². The van der Waals surface area contributed by atoms with Gasteiger partial charge in [-0.15, -0.1) is 11.8 Å². The van der Waals surface area contributed by atoms with Crippen LogP contribution in [0.1, 0.15) is 0 Å². The van der Waals surface area contributed by atoms with E-state index in [2.05, 4.69) is 21.2 Å². The summed E-state index contributed by atoms with van der Waals surface area (Å²) in [5, 5.41) is 2.50. The Balaban J connectivity index is 2.19. The molecule has 0 radical (unpaired) electrons. The fourth-order valence-corrected chi connectivity index (χ4v) is 4.33. The number of thioether (sulfide) groups is 1. The second-order valence-electron chi connectivity index (χ2n) is 4.45. The van der Waals surface area contributed by atoms with Gasteiger partial charge in [-0.3, -0.25) is 14.5 Å². The molecule has 1 N–H and O–H groups in total. The Morgan fingerprint density at radius 2 is 2.23 bits per heavy atom. The third kappa shape index (κ3) is 3.67. The Morgan fingerprint density at radius 1 is 1.55 bits per heavy atom. The monoisotopic (exact) mass is 450 g/mol. The minimum absolute atomic E-state index is 0.142. The van der Waals surface area contributed by atoms with Crippen LogP contribution in [0.2, 0.25) is 0 Å². The highest BCUT2D eigenvalue weighted by Crippen LogP contribution is 2.41. The number of nitrogens with zero attached hydrogens (tertiary/aromatic N) is 1. The van der Waals surface area contributed by atoms with Crippen LogP contribution < -0.4 is 5.32 Å². The molecule has 0 aromatic carbocycles. The van der Waals surface area contributed by atoms with Gasteiger partial charge in [-0.25, -0.2) is 4.79 Å². The van der Waals surface area contributed by atoms with Crippen LogP contribution in [0.25, 0.3) is 0 Å². The van der Waals surface area contributed by atoms with Gasteiger partial charge in [0.25, 0.3) is 5.91 Å². The molecule has 0 bridgehead atoms. The van der Waals surface area contributed by atoms with Gasteiger partial charge < -0.3 is 10.1 Å². The normalized spacial score (nSPS) is 24.5. The number of hydrogen-bond acceptors (Lipinski definition) is 5. The zero-order valence-electron chi connectivity index (χ0n) is 10.9. The summed E-state index contributed by atoms with van der Waals surface area (Å²) in [7, 11) is 0. The van der Waals surface area contributed by atoms with Crippen molar-refractivity contribution in [3.63, 3.8) is 0 Å². The van der Waals surface area contributed by atoms with Crippen LogP contribution in [0.15, 0.2) is 11.3 Å². The lowest BCUT2D eigenvalue weighted by molar-refractivity contribution is -0.152. The van der Waals surface area contributed by atoms with Gasteiger partial charge >= 0.3 is 5.97 Å². The van der Waals surface area contributed by atoms with Crippen LogP contribution in [0.4, 0.5) is 0 Å². The lowest BCUT2D eigenvalue weighted by atomic mass is 10.0. The molecule has 0 saturated carbocycles. The molecule has 0 aromatic rings. The minimum Gasteiger partial charge on any atom is -0.456 e. The van der Waals surface area contributed by atoms with E-state index in [1.807, 2.05) is 0 Å². The van der Waals surface area contributed by atoms with Crippen molar-refractivity contribution in [3.05, 3.63) is 11.3 Å². The van der Waals surface area contributed by atoms with E-state index in [1.54, 1.807) is 0 Å². The molecule has 2 aliphatic rings. The molecule has 2 amide bonds. The molecule has 0 aromatic heterocycles. The highest BCUT2D eigenvalue weighted by atomic mass is 79.9. The van der Waals surface area contributed by atoms with Crippen molar-refractivity contribution >= 4 is 80.8 Å². The summed E-state index contributed by atoms with van der Waals surface area (Å²) in [6, 6.07) is -0.643. The molecular weight excluding hydrogens is 442 g/mol. The van der Waals surface area contributed by atoms with Crippen LogP contribution in [-0.2, 0) is 19.1 Å². The van der Waals surface area contributed by atoms with Crippen LogP contribution >= 0.6 is 62.5 Å². The molecule has 6 nitrogen and oxygen atoms in total. The van der Waals surface area contributed by atoms with E-state index in [0.29, 0.717) is 23.1 Å². The number of nitrogens with one attached hydrogen (secondary N) is 1. The predicted molar refractivity (Wildman–Crippen MR) is 88.1 cm³/mol. The highest BCUT2D eigenvalue weighted by Gasteiger charge is 2.53. The summed E-state index contributed by atoms with van der Waals surface area (Å²) in [6.45, 7) is -0.425. The molecule has 11 heteroatoms. The SMILES string of the molecule is O=CN[C@@H]1C(=O)N2C(C(=O)OCC(Cl)(Cl)Cl)=C(CBr)CS[C@@H]12. The van der Waals surface area contributed by atoms with Crippen LogP contribution in [0.5, 0.6) is 0 Å². The predicted octanol–water partition coefficient (Wildman–Crippen LogP) is 1.58. The largest absolute Gasteiger partial charge is 0.456 e. The smallest absolute Gasteiger partial charge is 0.355 e. The maximum absolute atomic E-state index is 12.2. The lowest BCUT2D eigenvalue weighted by Crippen LogP contribution is -2.69. The third-order valence-electron chi connectivity index (χ3n) is 3.02. The zero-order chi connectivity index (χ0) is 16.5. The number of fused-ring (bicyclic) bond motifs is 1. The number of carbonyl (C=O) groups excluding carboxylic acids is 3. The topological polar surface area (TPSA) is 75.7 Å². The molecule has 22 heavy (non-hydrogen) atoms. The van der Waals surface area contributed by atoms with Gasteiger partial charge in [-0.1, -0.05) is 50.7 Å². The van der Waals surface area contributed by atoms with Gasteiger partial charge in [-0.2, -0.15) is 0 Å². The van der Waals surface area contributed by atoms with Crippen LogP contribution in [0.3, 0.4) is 0 Å². The highest BCUT2D eigenvalue weighted by molar-refractivity contribution is 9.09. The number of halogens is 4. The Kier molecular flexibility index (Phi) is 5.93. The number of hydrogen-bond donors (Lipinski definition) is 1. The van der Waals surface area contributed by atoms with Crippen LogP contribution in [0, 0.1) is 0 Å². The van der Waals surface area contributed by atoms with Gasteiger partial charge in [-0.05, 0) is 5.57 Å². The summed E-state index contributed by atoms with van der Waals surface area (Å²) in [6.07, 6.45) is 0.463. The van der Waals surface area contributed by atoms with Gasteiger partial charge in [0.1, 0.15) is 23.7 Å². The number of carbonyl (C=O) groups is 3. The first-order valence-electron chi connectivity index (χ1n) is 5.96. The third-order valence-corrected chi connectivity index (χ3v) is 5.36. The quantitative estimate of drug-likeness (QED) is 0.297. The van der Waals surface area contributed by atoms with Crippen molar-refractivity contribution in [2.75, 3.05) is 17.7 Å². The Hall–Kier alpha value is -0.150. The first-order chi connectivity index (χ1) is 10.3. The summed E-state index contributed by atoms with van der Waals surface area (Å²) >= 11 is 21.4. The first kappa shape index (κ1) is 18.2. The van der Waals surface area contributed by atoms with Gasteiger partial charge in [0.2, 0.25) is 10.2 Å². The van der Waals surface area contributed by atoms with Gasteiger partial charge in [0, 0.05) is 11.1 Å². The Labute approximate surface area is 153 Å². The summed E-state index contributed by atoms with van der Waals surface area (Å²) in [4.78, 5) is 36.2. The molecule has 0 unspecified atom stereocenters. The van der Waals surface area contributed by atoms with Gasteiger partial charge in [0.05, 0.1) is 0 Å². The number of alkyl halides is 4. The molecule has 2 heterocycles.